The zero-order valence-electron chi connectivity index (χ0n) is 9.11. The molecule has 2 rings (SSSR count). The minimum atomic E-state index is -1.10. The number of aliphatic hydroxyl groups is 3. The predicted octanol–water partition coefficient (Wildman–Crippen LogP) is -1.91. The second kappa shape index (κ2) is 4.29. The molecule has 0 aromatic rings. The average molecular weight is 231 g/mol. The molecule has 2 aliphatic rings. The molecule has 2 heterocycles. The van der Waals surface area contributed by atoms with E-state index in [-0.39, 0.29) is 18.9 Å². The molecule has 1 amide bonds. The molecule has 3 N–H and O–H groups in total. The van der Waals surface area contributed by atoms with Crippen LogP contribution in [0.2, 0.25) is 0 Å². The first kappa shape index (κ1) is 11.8. The molecule has 16 heavy (non-hydrogen) atoms. The Morgan fingerprint density at radius 1 is 1.38 bits per heavy atom. The highest BCUT2D eigenvalue weighted by Gasteiger charge is 2.52. The lowest BCUT2D eigenvalue weighted by Crippen LogP contribution is -2.58. The Labute approximate surface area is 93.4 Å². The maximum absolute atomic E-state index is 11.7. The molecule has 1 unspecified atom stereocenters. The number of hydrogen-bond acceptors (Lipinski definition) is 5. The number of carbonyl (C=O) groups excluding carboxylic acids is 1. The van der Waals surface area contributed by atoms with E-state index in [0.717, 1.165) is 0 Å². The van der Waals surface area contributed by atoms with Gasteiger partial charge in [0, 0.05) is 13.2 Å². The third kappa shape index (κ3) is 1.71. The molecule has 2 fully saturated rings. The third-order valence-corrected chi connectivity index (χ3v) is 3.30. The number of ether oxygens (including phenoxy) is 1. The van der Waals surface area contributed by atoms with Crippen molar-refractivity contribution < 1.29 is 24.9 Å². The van der Waals surface area contributed by atoms with Crippen LogP contribution in [0.3, 0.4) is 0 Å². The molecule has 0 aromatic carbocycles. The normalized spacial score (nSPS) is 43.6. The molecule has 6 heteroatoms. The summed E-state index contributed by atoms with van der Waals surface area (Å²) in [4.78, 5) is 13.1. The van der Waals surface area contributed by atoms with E-state index < -0.39 is 30.5 Å². The number of piperidine rings is 1. The van der Waals surface area contributed by atoms with Crippen molar-refractivity contribution in [3.63, 3.8) is 0 Å². The quantitative estimate of drug-likeness (QED) is 0.516. The number of aliphatic hydroxyl groups excluding tert-OH is 3. The minimum Gasteiger partial charge on any atom is -0.388 e. The van der Waals surface area contributed by atoms with Crippen LogP contribution in [0, 0.1) is 0 Å². The summed E-state index contributed by atoms with van der Waals surface area (Å²) in [6.07, 6.45) is -3.50. The SMILES string of the molecule is CCOC1CC(=O)N2C[C@@H](O)[C@@H](O)[C@@H]2[C@H]1O. The molecule has 0 radical (unpaired) electrons. The summed E-state index contributed by atoms with van der Waals surface area (Å²) in [6, 6.07) is -0.743. The van der Waals surface area contributed by atoms with E-state index >= 15 is 0 Å². The highest BCUT2D eigenvalue weighted by Crippen LogP contribution is 2.30. The first-order valence-corrected chi connectivity index (χ1v) is 5.51. The summed E-state index contributed by atoms with van der Waals surface area (Å²) in [5.41, 5.74) is 0. The Morgan fingerprint density at radius 3 is 2.69 bits per heavy atom. The third-order valence-electron chi connectivity index (χ3n) is 3.30. The van der Waals surface area contributed by atoms with Crippen molar-refractivity contribution in [1.82, 2.24) is 4.90 Å². The minimum absolute atomic E-state index is 0.0839. The van der Waals surface area contributed by atoms with Gasteiger partial charge in [-0.2, -0.15) is 0 Å². The Bertz CT molecular complexity index is 284. The Hall–Kier alpha value is -0.690. The van der Waals surface area contributed by atoms with Gasteiger partial charge in [0.15, 0.2) is 0 Å². The van der Waals surface area contributed by atoms with E-state index in [1.54, 1.807) is 6.92 Å². The van der Waals surface area contributed by atoms with E-state index in [9.17, 15) is 20.1 Å². The van der Waals surface area contributed by atoms with Crippen molar-refractivity contribution in [3.8, 4) is 0 Å². The molecule has 0 bridgehead atoms. The van der Waals surface area contributed by atoms with Gasteiger partial charge in [-0.1, -0.05) is 0 Å². The first-order valence-electron chi connectivity index (χ1n) is 5.51. The fourth-order valence-electron chi connectivity index (χ4n) is 2.50. The van der Waals surface area contributed by atoms with Crippen molar-refractivity contribution in [2.75, 3.05) is 13.2 Å². The zero-order chi connectivity index (χ0) is 11.9. The molecular weight excluding hydrogens is 214 g/mol. The second-order valence-corrected chi connectivity index (χ2v) is 4.28. The van der Waals surface area contributed by atoms with Crippen molar-refractivity contribution in [2.24, 2.45) is 0 Å². The van der Waals surface area contributed by atoms with E-state index in [2.05, 4.69) is 0 Å². The highest BCUT2D eigenvalue weighted by atomic mass is 16.5. The van der Waals surface area contributed by atoms with Crippen LogP contribution in [-0.4, -0.2) is 69.7 Å². The van der Waals surface area contributed by atoms with Gasteiger partial charge in [-0.15, -0.1) is 0 Å². The van der Waals surface area contributed by atoms with Crippen LogP contribution in [0.5, 0.6) is 0 Å². The van der Waals surface area contributed by atoms with Gasteiger partial charge in [0.2, 0.25) is 5.91 Å². The highest BCUT2D eigenvalue weighted by molar-refractivity contribution is 5.79. The molecule has 2 saturated heterocycles. The Balaban J connectivity index is 2.17. The Morgan fingerprint density at radius 2 is 2.06 bits per heavy atom. The molecule has 0 aromatic heterocycles. The molecule has 0 spiro atoms. The lowest BCUT2D eigenvalue weighted by atomic mass is 9.94. The standard InChI is InChI=1S/C10H17NO5/c1-2-16-6-3-7(13)11-4-5(12)9(14)8(11)10(6)15/h5-6,8-10,12,14-15H,2-4H2,1H3/t5-,6?,8-,9-,10+/m1/s1. The summed E-state index contributed by atoms with van der Waals surface area (Å²) in [6.45, 7) is 2.27. The summed E-state index contributed by atoms with van der Waals surface area (Å²) >= 11 is 0. The van der Waals surface area contributed by atoms with Crippen LogP contribution in [0.25, 0.3) is 0 Å². The summed E-state index contributed by atoms with van der Waals surface area (Å²) < 4.78 is 5.27. The van der Waals surface area contributed by atoms with Crippen molar-refractivity contribution in [1.29, 1.82) is 0 Å². The number of carbonyl (C=O) groups is 1. The fraction of sp³-hybridized carbons (Fsp3) is 0.900. The molecule has 0 aliphatic carbocycles. The van der Waals surface area contributed by atoms with Gasteiger partial charge in [-0.3, -0.25) is 4.79 Å². The van der Waals surface area contributed by atoms with Crippen molar-refractivity contribution >= 4 is 5.91 Å². The van der Waals surface area contributed by atoms with Gasteiger partial charge in [0.05, 0.1) is 24.7 Å². The number of nitrogens with zero attached hydrogens (tertiary/aromatic N) is 1. The lowest BCUT2D eigenvalue weighted by Gasteiger charge is -2.39. The van der Waals surface area contributed by atoms with Gasteiger partial charge in [0.1, 0.15) is 12.2 Å². The zero-order valence-corrected chi connectivity index (χ0v) is 9.11. The summed E-state index contributed by atoms with van der Waals surface area (Å²) in [7, 11) is 0. The van der Waals surface area contributed by atoms with Crippen LogP contribution < -0.4 is 0 Å². The smallest absolute Gasteiger partial charge is 0.225 e. The van der Waals surface area contributed by atoms with Crippen LogP contribution in [0.1, 0.15) is 13.3 Å². The predicted molar refractivity (Wildman–Crippen MR) is 53.6 cm³/mol. The number of fused-ring (bicyclic) bond motifs is 1. The fourth-order valence-corrected chi connectivity index (χ4v) is 2.50. The van der Waals surface area contributed by atoms with E-state index in [0.29, 0.717) is 6.61 Å². The van der Waals surface area contributed by atoms with Crippen LogP contribution in [-0.2, 0) is 9.53 Å². The molecular formula is C10H17NO5. The molecule has 6 nitrogen and oxygen atoms in total. The molecule has 0 saturated carbocycles. The van der Waals surface area contributed by atoms with Gasteiger partial charge >= 0.3 is 0 Å². The van der Waals surface area contributed by atoms with Crippen molar-refractivity contribution in [3.05, 3.63) is 0 Å². The van der Waals surface area contributed by atoms with E-state index in [4.69, 9.17) is 4.74 Å². The van der Waals surface area contributed by atoms with Gasteiger partial charge in [-0.25, -0.2) is 0 Å². The van der Waals surface area contributed by atoms with Crippen LogP contribution in [0.15, 0.2) is 0 Å². The maximum atomic E-state index is 11.7. The van der Waals surface area contributed by atoms with Gasteiger partial charge in [-0.05, 0) is 6.92 Å². The summed E-state index contributed by atoms with van der Waals surface area (Å²) in [5.74, 6) is -0.190. The monoisotopic (exact) mass is 231 g/mol. The number of rotatable bonds is 2. The van der Waals surface area contributed by atoms with Crippen LogP contribution >= 0.6 is 0 Å². The summed E-state index contributed by atoms with van der Waals surface area (Å²) in [5, 5.41) is 29.2. The van der Waals surface area contributed by atoms with E-state index in [1.807, 2.05) is 0 Å². The number of hydrogen-bond donors (Lipinski definition) is 3. The van der Waals surface area contributed by atoms with Gasteiger partial charge < -0.3 is 25.0 Å². The lowest BCUT2D eigenvalue weighted by molar-refractivity contribution is -0.158. The topological polar surface area (TPSA) is 90.2 Å². The van der Waals surface area contributed by atoms with Gasteiger partial charge in [0.25, 0.3) is 0 Å². The Kier molecular flexibility index (Phi) is 3.16. The molecule has 2 aliphatic heterocycles. The second-order valence-electron chi connectivity index (χ2n) is 4.28. The maximum Gasteiger partial charge on any atom is 0.225 e. The first-order chi connectivity index (χ1) is 7.56. The average Bonchev–Trinajstić information content (AvgIpc) is 2.53. The molecule has 92 valence electrons. The van der Waals surface area contributed by atoms with Crippen LogP contribution in [0.4, 0.5) is 0 Å². The number of amides is 1. The molecule has 5 atom stereocenters. The van der Waals surface area contributed by atoms with E-state index in [1.165, 1.54) is 4.90 Å². The largest absolute Gasteiger partial charge is 0.388 e. The van der Waals surface area contributed by atoms with Crippen molar-refractivity contribution in [2.45, 2.75) is 43.8 Å².